The second kappa shape index (κ2) is 6.85. The lowest BCUT2D eigenvalue weighted by molar-refractivity contribution is 0.0695. The minimum Gasteiger partial charge on any atom is -0.477 e. The van der Waals surface area contributed by atoms with Gasteiger partial charge in [-0.15, -0.1) is 12.4 Å². The maximum Gasteiger partial charge on any atom is 0.341 e. The van der Waals surface area contributed by atoms with Crippen molar-refractivity contribution >= 4 is 35.2 Å². The smallest absolute Gasteiger partial charge is 0.341 e. The maximum absolute atomic E-state index is 15.0. The summed E-state index contributed by atoms with van der Waals surface area (Å²) < 4.78 is 16.7. The molecular formula is C17H20ClFN4O3. The summed E-state index contributed by atoms with van der Waals surface area (Å²) in [5.74, 6) is -1.60. The second-order valence-electron chi connectivity index (χ2n) is 6.63. The third kappa shape index (κ3) is 2.93. The normalized spacial score (nSPS) is 17.2. The third-order valence-electron chi connectivity index (χ3n) is 4.91. The zero-order valence-electron chi connectivity index (χ0n) is 14.3. The van der Waals surface area contributed by atoms with Crippen LogP contribution in [0.15, 0.2) is 11.0 Å². The quantitative estimate of drug-likeness (QED) is 0.840. The van der Waals surface area contributed by atoms with Crippen LogP contribution in [0, 0.1) is 12.7 Å². The number of fused-ring (bicyclic) bond motifs is 1. The van der Waals surface area contributed by atoms with E-state index < -0.39 is 17.2 Å². The van der Waals surface area contributed by atoms with E-state index in [0.717, 1.165) is 25.9 Å². The summed E-state index contributed by atoms with van der Waals surface area (Å²) in [5.41, 5.74) is -0.459. The van der Waals surface area contributed by atoms with Gasteiger partial charge in [0.25, 0.3) is 0 Å². The standard InChI is InChI=1S/C17H19FN4O3.ClH/c1-9-12-14(23)11(17(24)25)8-22(10-2-3-10)15(12)20-16(13(9)18)21-6-4-19-5-7-21;/h8,10,19H,2-7H2,1H3,(H,24,25);1H. The van der Waals surface area contributed by atoms with Crippen LogP contribution in [0.3, 0.4) is 0 Å². The number of hydrogen-bond acceptors (Lipinski definition) is 5. The molecule has 0 radical (unpaired) electrons. The molecule has 2 aromatic heterocycles. The SMILES string of the molecule is Cc1c(F)c(N2CCNCC2)nc2c1c(=O)c(C(=O)O)cn2C1CC1.Cl. The summed E-state index contributed by atoms with van der Waals surface area (Å²) in [7, 11) is 0. The number of halogens is 2. The Morgan fingerprint density at radius 2 is 2.00 bits per heavy atom. The van der Waals surface area contributed by atoms with Crippen LogP contribution >= 0.6 is 12.4 Å². The molecule has 1 aliphatic carbocycles. The summed E-state index contributed by atoms with van der Waals surface area (Å²) in [6, 6.07) is 0.120. The highest BCUT2D eigenvalue weighted by molar-refractivity contribution is 5.93. The molecule has 0 amide bonds. The number of aromatic carboxylic acids is 1. The molecule has 26 heavy (non-hydrogen) atoms. The number of pyridine rings is 2. The van der Waals surface area contributed by atoms with E-state index in [-0.39, 0.29) is 40.8 Å². The van der Waals surface area contributed by atoms with Crippen LogP contribution in [0.4, 0.5) is 10.2 Å². The van der Waals surface area contributed by atoms with Crippen molar-refractivity contribution in [1.29, 1.82) is 0 Å². The van der Waals surface area contributed by atoms with E-state index in [1.807, 2.05) is 4.90 Å². The molecular weight excluding hydrogens is 363 g/mol. The van der Waals surface area contributed by atoms with Gasteiger partial charge in [0.05, 0.1) is 5.39 Å². The number of hydrogen-bond donors (Lipinski definition) is 2. The van der Waals surface area contributed by atoms with Crippen LogP contribution in [0.5, 0.6) is 0 Å². The number of rotatable bonds is 3. The van der Waals surface area contributed by atoms with Gasteiger partial charge in [-0.1, -0.05) is 0 Å². The average Bonchev–Trinajstić information content (AvgIpc) is 3.43. The Morgan fingerprint density at radius 1 is 1.35 bits per heavy atom. The number of carbonyl (C=O) groups is 1. The largest absolute Gasteiger partial charge is 0.477 e. The van der Waals surface area contributed by atoms with Crippen LogP contribution in [-0.2, 0) is 0 Å². The van der Waals surface area contributed by atoms with Crippen LogP contribution in [0.1, 0.15) is 34.8 Å². The first-order valence-corrected chi connectivity index (χ1v) is 8.43. The molecule has 140 valence electrons. The number of aryl methyl sites for hydroxylation is 1. The van der Waals surface area contributed by atoms with Crippen molar-refractivity contribution in [3.8, 4) is 0 Å². The lowest BCUT2D eigenvalue weighted by Gasteiger charge is -2.29. The van der Waals surface area contributed by atoms with Gasteiger partial charge >= 0.3 is 5.97 Å². The van der Waals surface area contributed by atoms with E-state index in [1.165, 1.54) is 13.1 Å². The first-order valence-electron chi connectivity index (χ1n) is 8.43. The highest BCUT2D eigenvalue weighted by Crippen LogP contribution is 2.37. The Bertz CT molecular complexity index is 936. The average molecular weight is 383 g/mol. The summed E-state index contributed by atoms with van der Waals surface area (Å²) in [6.07, 6.45) is 3.16. The first-order chi connectivity index (χ1) is 12.0. The van der Waals surface area contributed by atoms with Crippen molar-refractivity contribution in [1.82, 2.24) is 14.9 Å². The highest BCUT2D eigenvalue weighted by atomic mass is 35.5. The number of anilines is 1. The molecule has 0 atom stereocenters. The van der Waals surface area contributed by atoms with E-state index in [9.17, 15) is 19.1 Å². The number of carboxylic acids is 1. The molecule has 4 rings (SSSR count). The van der Waals surface area contributed by atoms with Crippen molar-refractivity contribution in [3.63, 3.8) is 0 Å². The van der Waals surface area contributed by atoms with Gasteiger partial charge in [0, 0.05) is 44.0 Å². The minimum absolute atomic E-state index is 0. The molecule has 1 saturated heterocycles. The van der Waals surface area contributed by atoms with Crippen molar-refractivity contribution in [2.75, 3.05) is 31.1 Å². The molecule has 1 saturated carbocycles. The number of aromatic nitrogens is 2. The minimum atomic E-state index is -1.30. The van der Waals surface area contributed by atoms with Gasteiger partial charge in [0.2, 0.25) is 5.43 Å². The summed E-state index contributed by atoms with van der Waals surface area (Å²) in [5, 5.41) is 12.6. The van der Waals surface area contributed by atoms with Crippen LogP contribution in [-0.4, -0.2) is 46.8 Å². The van der Waals surface area contributed by atoms with Crippen molar-refractivity contribution in [2.24, 2.45) is 0 Å². The van der Waals surface area contributed by atoms with E-state index >= 15 is 0 Å². The number of nitrogens with one attached hydrogen (secondary N) is 1. The molecule has 7 nitrogen and oxygen atoms in total. The van der Waals surface area contributed by atoms with Gasteiger partial charge in [-0.3, -0.25) is 4.79 Å². The Kier molecular flexibility index (Phi) is 4.90. The zero-order chi connectivity index (χ0) is 17.7. The highest BCUT2D eigenvalue weighted by Gasteiger charge is 2.30. The Labute approximate surface area is 155 Å². The third-order valence-corrected chi connectivity index (χ3v) is 4.91. The van der Waals surface area contributed by atoms with Crippen LogP contribution in [0.25, 0.3) is 11.0 Å². The topological polar surface area (TPSA) is 87.5 Å². The zero-order valence-corrected chi connectivity index (χ0v) is 15.1. The summed E-state index contributed by atoms with van der Waals surface area (Å²) in [6.45, 7) is 4.28. The van der Waals surface area contributed by atoms with Crippen molar-refractivity contribution < 1.29 is 14.3 Å². The van der Waals surface area contributed by atoms with Crippen LogP contribution in [0.2, 0.25) is 0 Å². The Hall–Kier alpha value is -2.19. The predicted octanol–water partition coefficient (Wildman–Crippen LogP) is 1.71. The number of carboxylic acid groups (broad SMARTS) is 1. The first kappa shape index (κ1) is 18.6. The molecule has 9 heteroatoms. The number of nitrogens with zero attached hydrogens (tertiary/aromatic N) is 3. The molecule has 0 unspecified atom stereocenters. The van der Waals surface area contributed by atoms with Crippen LogP contribution < -0.4 is 15.6 Å². The Balaban J connectivity index is 0.00000196. The predicted molar refractivity (Wildman–Crippen MR) is 98.3 cm³/mol. The van der Waals surface area contributed by atoms with Gasteiger partial charge in [-0.05, 0) is 19.8 Å². The lowest BCUT2D eigenvalue weighted by atomic mass is 10.1. The number of piperazine rings is 1. The lowest BCUT2D eigenvalue weighted by Crippen LogP contribution is -2.44. The molecule has 0 bridgehead atoms. The fraction of sp³-hybridized carbons (Fsp3) is 0.471. The Morgan fingerprint density at radius 3 is 2.58 bits per heavy atom. The van der Waals surface area contributed by atoms with E-state index in [4.69, 9.17) is 0 Å². The molecule has 3 heterocycles. The molecule has 2 aliphatic rings. The van der Waals surface area contributed by atoms with Crippen molar-refractivity contribution in [2.45, 2.75) is 25.8 Å². The maximum atomic E-state index is 15.0. The van der Waals surface area contributed by atoms with E-state index in [0.29, 0.717) is 18.7 Å². The van der Waals surface area contributed by atoms with Gasteiger partial charge in [0.15, 0.2) is 11.6 Å². The van der Waals surface area contributed by atoms with Gasteiger partial charge in [-0.2, -0.15) is 0 Å². The monoisotopic (exact) mass is 382 g/mol. The molecule has 0 aromatic carbocycles. The van der Waals surface area contributed by atoms with E-state index in [1.54, 1.807) is 4.57 Å². The van der Waals surface area contributed by atoms with Gasteiger partial charge in [-0.25, -0.2) is 14.2 Å². The molecule has 2 aromatic rings. The second-order valence-corrected chi connectivity index (χ2v) is 6.63. The summed E-state index contributed by atoms with van der Waals surface area (Å²) in [4.78, 5) is 30.4. The molecule has 1 aliphatic heterocycles. The molecule has 2 fully saturated rings. The summed E-state index contributed by atoms with van der Waals surface area (Å²) >= 11 is 0. The van der Waals surface area contributed by atoms with Gasteiger partial charge < -0.3 is 19.9 Å². The van der Waals surface area contributed by atoms with E-state index in [2.05, 4.69) is 10.3 Å². The van der Waals surface area contributed by atoms with Gasteiger partial charge in [0.1, 0.15) is 11.2 Å². The molecule has 0 spiro atoms. The molecule has 2 N–H and O–H groups in total. The van der Waals surface area contributed by atoms with Crippen molar-refractivity contribution in [3.05, 3.63) is 33.4 Å². The fourth-order valence-electron chi connectivity index (χ4n) is 3.37. The fourth-order valence-corrected chi connectivity index (χ4v) is 3.37.